The number of nitrogens with one attached hydrogen (secondary N) is 2. The van der Waals surface area contributed by atoms with Crippen molar-refractivity contribution in [2.45, 2.75) is 38.6 Å². The number of hydrogen-bond donors (Lipinski definition) is 3. The number of aryl methyl sites for hydroxylation is 1. The van der Waals surface area contributed by atoms with Gasteiger partial charge in [0.05, 0.1) is 30.2 Å². The van der Waals surface area contributed by atoms with E-state index in [1.165, 1.54) is 11.3 Å². The second-order valence-electron chi connectivity index (χ2n) is 7.31. The second-order valence-corrected chi connectivity index (χ2v) is 8.41. The van der Waals surface area contributed by atoms with Crippen molar-refractivity contribution >= 4 is 34.1 Å². The summed E-state index contributed by atoms with van der Waals surface area (Å²) in [4.78, 5) is 38.4. The van der Waals surface area contributed by atoms with Crippen molar-refractivity contribution in [1.29, 1.82) is 0 Å². The molecule has 2 aromatic rings. The van der Waals surface area contributed by atoms with Crippen LogP contribution in [-0.2, 0) is 29.0 Å². The van der Waals surface area contributed by atoms with Crippen LogP contribution in [0.25, 0.3) is 0 Å². The number of carbonyl (C=O) groups excluding carboxylic acids is 2. The summed E-state index contributed by atoms with van der Waals surface area (Å²) in [6.07, 6.45) is 8.59. The number of amides is 2. The van der Waals surface area contributed by atoms with Gasteiger partial charge in [0.15, 0.2) is 0 Å². The van der Waals surface area contributed by atoms with E-state index in [0.717, 1.165) is 29.7 Å². The van der Waals surface area contributed by atoms with Crippen molar-refractivity contribution in [1.82, 2.24) is 5.32 Å². The highest BCUT2D eigenvalue weighted by atomic mass is 32.1. The van der Waals surface area contributed by atoms with Crippen molar-refractivity contribution < 1.29 is 23.9 Å². The zero-order valence-corrected chi connectivity index (χ0v) is 16.6. The molecular formula is C21H22N2O5S. The molecule has 0 radical (unpaired) electrons. The van der Waals surface area contributed by atoms with Crippen molar-refractivity contribution in [3.05, 3.63) is 52.3 Å². The van der Waals surface area contributed by atoms with Gasteiger partial charge in [0.2, 0.25) is 5.91 Å². The van der Waals surface area contributed by atoms with Gasteiger partial charge in [0, 0.05) is 4.88 Å². The molecule has 2 aliphatic carbocycles. The Morgan fingerprint density at radius 2 is 1.97 bits per heavy atom. The van der Waals surface area contributed by atoms with E-state index in [2.05, 4.69) is 10.6 Å². The first kappa shape index (κ1) is 19.4. The molecule has 0 fully saturated rings. The summed E-state index contributed by atoms with van der Waals surface area (Å²) in [6.45, 7) is 0.262. The van der Waals surface area contributed by atoms with Crippen LogP contribution in [0.5, 0.6) is 0 Å². The number of hydrogen-bond acceptors (Lipinski definition) is 5. The van der Waals surface area contributed by atoms with Crippen LogP contribution in [0.4, 0.5) is 5.00 Å². The number of aliphatic carboxylic acids is 1. The lowest BCUT2D eigenvalue weighted by molar-refractivity contribution is -0.146. The Kier molecular flexibility index (Phi) is 5.53. The van der Waals surface area contributed by atoms with Crippen LogP contribution in [0.1, 0.15) is 45.8 Å². The molecule has 0 aromatic carbocycles. The van der Waals surface area contributed by atoms with Crippen LogP contribution in [-0.4, -0.2) is 22.9 Å². The smallest absolute Gasteiger partial charge is 0.307 e. The first-order valence-electron chi connectivity index (χ1n) is 9.68. The third-order valence-electron chi connectivity index (χ3n) is 5.47. The SMILES string of the molecule is O=C(NCc1ccco1)c1c(NC(=O)[C@@H]2CC=CC[C@@H]2C(=O)O)sc2c1CCC2. The quantitative estimate of drug-likeness (QED) is 0.628. The van der Waals surface area contributed by atoms with Crippen molar-refractivity contribution in [3.63, 3.8) is 0 Å². The average molecular weight is 414 g/mol. The lowest BCUT2D eigenvalue weighted by atomic mass is 9.82. The van der Waals surface area contributed by atoms with Gasteiger partial charge in [-0.05, 0) is 49.8 Å². The van der Waals surface area contributed by atoms with Crippen LogP contribution in [0, 0.1) is 11.8 Å². The number of furan rings is 1. The molecule has 4 rings (SSSR count). The van der Waals surface area contributed by atoms with Gasteiger partial charge in [-0.15, -0.1) is 11.3 Å². The molecule has 0 aliphatic heterocycles. The third-order valence-corrected chi connectivity index (χ3v) is 6.68. The van der Waals surface area contributed by atoms with E-state index < -0.39 is 17.8 Å². The summed E-state index contributed by atoms with van der Waals surface area (Å²) in [5.74, 6) is -2.32. The Hall–Kier alpha value is -2.87. The Morgan fingerprint density at radius 3 is 2.69 bits per heavy atom. The molecule has 7 nitrogen and oxygen atoms in total. The number of rotatable bonds is 6. The molecule has 0 saturated carbocycles. The van der Waals surface area contributed by atoms with Crippen LogP contribution < -0.4 is 10.6 Å². The van der Waals surface area contributed by atoms with Gasteiger partial charge in [-0.25, -0.2) is 0 Å². The highest BCUT2D eigenvalue weighted by Crippen LogP contribution is 2.40. The zero-order valence-electron chi connectivity index (χ0n) is 15.8. The Morgan fingerprint density at radius 1 is 1.17 bits per heavy atom. The molecule has 29 heavy (non-hydrogen) atoms. The normalized spacial score (nSPS) is 20.3. The molecule has 2 aliphatic rings. The predicted octanol–water partition coefficient (Wildman–Crippen LogP) is 3.37. The van der Waals surface area contributed by atoms with Crippen molar-refractivity contribution in [2.75, 3.05) is 5.32 Å². The van der Waals surface area contributed by atoms with E-state index in [-0.39, 0.29) is 18.4 Å². The van der Waals surface area contributed by atoms with Gasteiger partial charge >= 0.3 is 5.97 Å². The molecule has 3 N–H and O–H groups in total. The topological polar surface area (TPSA) is 109 Å². The van der Waals surface area contributed by atoms with E-state index in [4.69, 9.17) is 4.42 Å². The van der Waals surface area contributed by atoms with Gasteiger partial charge < -0.3 is 20.2 Å². The summed E-state index contributed by atoms with van der Waals surface area (Å²) in [5.41, 5.74) is 1.49. The van der Waals surface area contributed by atoms with Gasteiger partial charge in [-0.2, -0.15) is 0 Å². The molecule has 152 valence electrons. The molecule has 0 unspecified atom stereocenters. The molecule has 2 atom stereocenters. The fourth-order valence-electron chi connectivity index (χ4n) is 3.98. The third kappa shape index (κ3) is 3.98. The Balaban J connectivity index is 1.54. The molecule has 8 heteroatoms. The molecule has 2 amide bonds. The first-order chi connectivity index (χ1) is 14.0. The fourth-order valence-corrected chi connectivity index (χ4v) is 5.27. The van der Waals surface area contributed by atoms with E-state index in [9.17, 15) is 19.5 Å². The zero-order chi connectivity index (χ0) is 20.4. The van der Waals surface area contributed by atoms with Crippen LogP contribution >= 0.6 is 11.3 Å². The van der Waals surface area contributed by atoms with Crippen LogP contribution in [0.3, 0.4) is 0 Å². The van der Waals surface area contributed by atoms with E-state index in [1.807, 2.05) is 6.08 Å². The predicted molar refractivity (Wildman–Crippen MR) is 108 cm³/mol. The summed E-state index contributed by atoms with van der Waals surface area (Å²) >= 11 is 1.42. The standard InChI is InChI=1S/C21H22N2O5S/c24-18(13-6-1-2-7-14(13)21(26)27)23-20-17(15-8-3-9-16(15)29-20)19(25)22-11-12-5-4-10-28-12/h1-2,4-5,10,13-14H,3,6-9,11H2,(H,22,25)(H,23,24)(H,26,27)/t13-,14+/m1/s1. The van der Waals surface area contributed by atoms with E-state index in [0.29, 0.717) is 29.2 Å². The first-order valence-corrected chi connectivity index (χ1v) is 10.5. The second kappa shape index (κ2) is 8.24. The molecular weight excluding hydrogens is 392 g/mol. The minimum absolute atomic E-state index is 0.255. The molecule has 0 saturated heterocycles. The number of carbonyl (C=O) groups is 3. The van der Waals surface area contributed by atoms with Crippen LogP contribution in [0.2, 0.25) is 0 Å². The Labute approximate surface area is 171 Å². The number of carboxylic acids is 1. The van der Waals surface area contributed by atoms with Crippen molar-refractivity contribution in [2.24, 2.45) is 11.8 Å². The lowest BCUT2D eigenvalue weighted by Crippen LogP contribution is -2.35. The highest BCUT2D eigenvalue weighted by Gasteiger charge is 2.35. The van der Waals surface area contributed by atoms with Gasteiger partial charge in [-0.3, -0.25) is 14.4 Å². The number of allylic oxidation sites excluding steroid dienone is 2. The summed E-state index contributed by atoms with van der Waals surface area (Å²) < 4.78 is 5.26. The van der Waals surface area contributed by atoms with Crippen molar-refractivity contribution in [3.8, 4) is 0 Å². The number of anilines is 1. The Bertz CT molecular complexity index is 960. The summed E-state index contributed by atoms with van der Waals surface area (Å²) in [6, 6.07) is 3.54. The molecule has 2 aromatic heterocycles. The monoisotopic (exact) mass is 414 g/mol. The van der Waals surface area contributed by atoms with Gasteiger partial charge in [-0.1, -0.05) is 12.2 Å². The summed E-state index contributed by atoms with van der Waals surface area (Å²) in [5, 5.41) is 15.7. The maximum absolute atomic E-state index is 12.9. The maximum Gasteiger partial charge on any atom is 0.307 e. The average Bonchev–Trinajstić information content (AvgIpc) is 3.43. The fraction of sp³-hybridized carbons (Fsp3) is 0.381. The molecule has 0 spiro atoms. The molecule has 2 heterocycles. The highest BCUT2D eigenvalue weighted by molar-refractivity contribution is 7.17. The largest absolute Gasteiger partial charge is 0.481 e. The van der Waals surface area contributed by atoms with Crippen LogP contribution in [0.15, 0.2) is 35.0 Å². The minimum Gasteiger partial charge on any atom is -0.481 e. The molecule has 0 bridgehead atoms. The van der Waals surface area contributed by atoms with E-state index >= 15 is 0 Å². The number of carboxylic acid groups (broad SMARTS) is 1. The number of fused-ring (bicyclic) bond motifs is 1. The maximum atomic E-state index is 12.9. The van der Waals surface area contributed by atoms with E-state index in [1.54, 1.807) is 24.5 Å². The summed E-state index contributed by atoms with van der Waals surface area (Å²) in [7, 11) is 0. The minimum atomic E-state index is -0.973. The van der Waals surface area contributed by atoms with Gasteiger partial charge in [0.1, 0.15) is 10.8 Å². The number of thiophene rings is 1. The lowest BCUT2D eigenvalue weighted by Gasteiger charge is -2.24. The van der Waals surface area contributed by atoms with Gasteiger partial charge in [0.25, 0.3) is 5.91 Å².